The monoisotopic (exact) mass is 336 g/mol. The van der Waals surface area contributed by atoms with Crippen molar-refractivity contribution >= 4 is 22.6 Å². The van der Waals surface area contributed by atoms with Crippen LogP contribution in [0.1, 0.15) is 16.9 Å². The van der Waals surface area contributed by atoms with Crippen LogP contribution in [0.3, 0.4) is 0 Å². The van der Waals surface area contributed by atoms with Gasteiger partial charge >= 0.3 is 0 Å². The summed E-state index contributed by atoms with van der Waals surface area (Å²) in [5.41, 5.74) is 1.46. The topological polar surface area (TPSA) is 70.2 Å². The Bertz CT molecular complexity index is 891. The zero-order valence-corrected chi connectivity index (χ0v) is 14.0. The number of aromatic nitrogens is 2. The molecule has 25 heavy (non-hydrogen) atoms. The van der Waals surface area contributed by atoms with Gasteiger partial charge in [0.2, 0.25) is 0 Å². The molecule has 1 aliphatic heterocycles. The van der Waals surface area contributed by atoms with Gasteiger partial charge in [-0.25, -0.2) is 4.98 Å². The van der Waals surface area contributed by atoms with Crippen LogP contribution in [0.2, 0.25) is 0 Å². The standard InChI is InChI=1S/C19H20N4O2/c1-25-15-6-5-13-10-17(22-16(13)11-15)19(24)21-14-7-9-23(12-14)18-4-2-3-8-20-18/h2-6,8,10-11,14,22H,7,9,12H2,1H3,(H,21,24). The lowest BCUT2D eigenvalue weighted by atomic mass is 10.2. The van der Waals surface area contributed by atoms with Gasteiger partial charge in [0.1, 0.15) is 17.3 Å². The lowest BCUT2D eigenvalue weighted by molar-refractivity contribution is 0.0936. The van der Waals surface area contributed by atoms with E-state index in [0.29, 0.717) is 5.69 Å². The predicted molar refractivity (Wildman–Crippen MR) is 97.2 cm³/mol. The van der Waals surface area contributed by atoms with Gasteiger partial charge in [0.15, 0.2) is 0 Å². The molecule has 0 radical (unpaired) electrons. The number of amides is 1. The van der Waals surface area contributed by atoms with E-state index in [1.165, 1.54) is 0 Å². The average Bonchev–Trinajstić information content (AvgIpc) is 3.28. The number of benzene rings is 1. The summed E-state index contributed by atoms with van der Waals surface area (Å²) in [4.78, 5) is 22.3. The quantitative estimate of drug-likeness (QED) is 0.768. The van der Waals surface area contributed by atoms with E-state index in [0.717, 1.165) is 42.0 Å². The van der Waals surface area contributed by atoms with Gasteiger partial charge in [-0.2, -0.15) is 0 Å². The summed E-state index contributed by atoms with van der Waals surface area (Å²) in [7, 11) is 1.63. The number of nitrogens with one attached hydrogen (secondary N) is 2. The predicted octanol–water partition coefficient (Wildman–Crippen LogP) is 2.58. The van der Waals surface area contributed by atoms with E-state index in [9.17, 15) is 4.79 Å². The summed E-state index contributed by atoms with van der Waals surface area (Å²) in [6.45, 7) is 1.67. The Balaban J connectivity index is 1.44. The molecule has 1 amide bonds. The molecule has 1 aromatic carbocycles. The highest BCUT2D eigenvalue weighted by Gasteiger charge is 2.25. The van der Waals surface area contributed by atoms with E-state index < -0.39 is 0 Å². The average molecular weight is 336 g/mol. The number of ether oxygens (including phenoxy) is 1. The molecule has 0 saturated carbocycles. The molecule has 6 nitrogen and oxygen atoms in total. The first-order valence-electron chi connectivity index (χ1n) is 8.36. The first-order chi connectivity index (χ1) is 12.2. The van der Waals surface area contributed by atoms with Crippen molar-refractivity contribution in [3.63, 3.8) is 0 Å². The van der Waals surface area contributed by atoms with Gasteiger partial charge in [-0.3, -0.25) is 4.79 Å². The molecular weight excluding hydrogens is 316 g/mol. The number of anilines is 1. The largest absolute Gasteiger partial charge is 0.497 e. The SMILES string of the molecule is COc1ccc2cc(C(=O)NC3CCN(c4ccccn4)C3)[nH]c2c1. The summed E-state index contributed by atoms with van der Waals surface area (Å²) >= 11 is 0. The molecular formula is C19H20N4O2. The zero-order valence-electron chi connectivity index (χ0n) is 14.0. The molecule has 6 heteroatoms. The van der Waals surface area contributed by atoms with Crippen LogP contribution >= 0.6 is 0 Å². The Morgan fingerprint density at radius 1 is 1.32 bits per heavy atom. The minimum absolute atomic E-state index is 0.0805. The number of pyridine rings is 1. The Morgan fingerprint density at radius 3 is 3.04 bits per heavy atom. The smallest absolute Gasteiger partial charge is 0.268 e. The maximum Gasteiger partial charge on any atom is 0.268 e. The van der Waals surface area contributed by atoms with Gasteiger partial charge in [0.25, 0.3) is 5.91 Å². The number of hydrogen-bond acceptors (Lipinski definition) is 4. The molecule has 3 heterocycles. The summed E-state index contributed by atoms with van der Waals surface area (Å²) in [6, 6.07) is 13.6. The summed E-state index contributed by atoms with van der Waals surface area (Å²) < 4.78 is 5.22. The van der Waals surface area contributed by atoms with Gasteiger partial charge < -0.3 is 19.9 Å². The molecule has 2 N–H and O–H groups in total. The Labute approximate surface area is 145 Å². The number of hydrogen-bond donors (Lipinski definition) is 2. The van der Waals surface area contributed by atoms with Crippen LogP contribution in [0.5, 0.6) is 5.75 Å². The molecule has 0 bridgehead atoms. The number of H-pyrrole nitrogens is 1. The van der Waals surface area contributed by atoms with Crippen LogP contribution in [0.25, 0.3) is 10.9 Å². The first-order valence-corrected chi connectivity index (χ1v) is 8.36. The third-order valence-corrected chi connectivity index (χ3v) is 4.57. The fraction of sp³-hybridized carbons (Fsp3) is 0.263. The summed E-state index contributed by atoms with van der Waals surface area (Å²) in [6.07, 6.45) is 2.70. The Kier molecular flexibility index (Phi) is 4.01. The third-order valence-electron chi connectivity index (χ3n) is 4.57. The number of carbonyl (C=O) groups is 1. The van der Waals surface area contributed by atoms with Gasteiger partial charge in [-0.05, 0) is 36.8 Å². The molecule has 128 valence electrons. The molecule has 1 saturated heterocycles. The van der Waals surface area contributed by atoms with E-state index in [1.807, 2.05) is 42.5 Å². The second kappa shape index (κ2) is 6.47. The van der Waals surface area contributed by atoms with Gasteiger partial charge in [-0.15, -0.1) is 0 Å². The van der Waals surface area contributed by atoms with Crippen LogP contribution in [0.4, 0.5) is 5.82 Å². The fourth-order valence-corrected chi connectivity index (χ4v) is 3.25. The van der Waals surface area contributed by atoms with Crippen molar-refractivity contribution in [3.05, 3.63) is 54.4 Å². The van der Waals surface area contributed by atoms with Crippen molar-refractivity contribution in [2.45, 2.75) is 12.5 Å². The highest BCUT2D eigenvalue weighted by molar-refractivity contribution is 5.98. The summed E-state index contributed by atoms with van der Waals surface area (Å²) in [5, 5.41) is 4.11. The second-order valence-electron chi connectivity index (χ2n) is 6.23. The van der Waals surface area contributed by atoms with Crippen molar-refractivity contribution in [1.29, 1.82) is 0 Å². The third kappa shape index (κ3) is 3.15. The number of aromatic amines is 1. The van der Waals surface area contributed by atoms with Crippen molar-refractivity contribution in [2.24, 2.45) is 0 Å². The highest BCUT2D eigenvalue weighted by Crippen LogP contribution is 2.22. The second-order valence-corrected chi connectivity index (χ2v) is 6.23. The van der Waals surface area contributed by atoms with Crippen LogP contribution < -0.4 is 15.0 Å². The van der Waals surface area contributed by atoms with E-state index in [1.54, 1.807) is 13.3 Å². The van der Waals surface area contributed by atoms with Gasteiger partial charge in [0.05, 0.1) is 7.11 Å². The van der Waals surface area contributed by atoms with E-state index >= 15 is 0 Å². The molecule has 2 aromatic heterocycles. The van der Waals surface area contributed by atoms with E-state index in [4.69, 9.17) is 4.74 Å². The van der Waals surface area contributed by atoms with Gasteiger partial charge in [-0.1, -0.05) is 6.07 Å². The highest BCUT2D eigenvalue weighted by atomic mass is 16.5. The molecule has 1 unspecified atom stereocenters. The molecule has 1 fully saturated rings. The molecule has 1 aliphatic rings. The van der Waals surface area contributed by atoms with Crippen molar-refractivity contribution in [2.75, 3.05) is 25.1 Å². The minimum atomic E-state index is -0.0805. The van der Waals surface area contributed by atoms with Crippen molar-refractivity contribution in [1.82, 2.24) is 15.3 Å². The zero-order chi connectivity index (χ0) is 17.2. The van der Waals surface area contributed by atoms with Crippen LogP contribution in [-0.2, 0) is 0 Å². The van der Waals surface area contributed by atoms with Gasteiger partial charge in [0, 0.05) is 42.3 Å². The molecule has 4 rings (SSSR count). The number of fused-ring (bicyclic) bond motifs is 1. The Hall–Kier alpha value is -3.02. The van der Waals surface area contributed by atoms with E-state index in [-0.39, 0.29) is 11.9 Å². The molecule has 0 aliphatic carbocycles. The number of methoxy groups -OCH3 is 1. The maximum absolute atomic E-state index is 12.6. The van der Waals surface area contributed by atoms with Crippen molar-refractivity contribution < 1.29 is 9.53 Å². The minimum Gasteiger partial charge on any atom is -0.497 e. The number of rotatable bonds is 4. The Morgan fingerprint density at radius 2 is 2.24 bits per heavy atom. The molecule has 3 aromatic rings. The maximum atomic E-state index is 12.6. The molecule has 1 atom stereocenters. The first kappa shape index (κ1) is 15.5. The normalized spacial score (nSPS) is 17.0. The summed E-state index contributed by atoms with van der Waals surface area (Å²) in [5.74, 6) is 1.64. The van der Waals surface area contributed by atoms with Crippen LogP contribution in [0.15, 0.2) is 48.7 Å². The van der Waals surface area contributed by atoms with Crippen molar-refractivity contribution in [3.8, 4) is 5.75 Å². The molecule has 0 spiro atoms. The number of nitrogens with zero attached hydrogens (tertiary/aromatic N) is 2. The number of carbonyl (C=O) groups excluding carboxylic acids is 1. The van der Waals surface area contributed by atoms with E-state index in [2.05, 4.69) is 20.2 Å². The van der Waals surface area contributed by atoms with Crippen LogP contribution in [0, 0.1) is 0 Å². The lowest BCUT2D eigenvalue weighted by Gasteiger charge is -2.17. The fourth-order valence-electron chi connectivity index (χ4n) is 3.25. The van der Waals surface area contributed by atoms with Crippen LogP contribution in [-0.4, -0.2) is 42.1 Å². The lowest BCUT2D eigenvalue weighted by Crippen LogP contribution is -2.37.